The lowest BCUT2D eigenvalue weighted by Crippen LogP contribution is -2.28. The van der Waals surface area contributed by atoms with Gasteiger partial charge in [0.2, 0.25) is 11.4 Å². The van der Waals surface area contributed by atoms with Crippen LogP contribution in [0, 0.1) is 0 Å². The van der Waals surface area contributed by atoms with E-state index in [1.807, 2.05) is 0 Å². The highest BCUT2D eigenvalue weighted by molar-refractivity contribution is 6.06. The summed E-state index contributed by atoms with van der Waals surface area (Å²) in [6.45, 7) is 24.7. The molecule has 0 aliphatic carbocycles. The Morgan fingerprint density at radius 1 is 0.429 bits per heavy atom. The lowest BCUT2D eigenvalue weighted by atomic mass is 9.81. The molecule has 6 rings (SSSR count). The van der Waals surface area contributed by atoms with Gasteiger partial charge in [-0.3, -0.25) is 0 Å². The highest BCUT2D eigenvalue weighted by Crippen LogP contribution is 2.41. The van der Waals surface area contributed by atoms with Crippen molar-refractivity contribution in [2.24, 2.45) is 0 Å². The summed E-state index contributed by atoms with van der Waals surface area (Å²) in [5, 5.41) is 0. The molecule has 0 amide bonds. The number of nitrogens with zero attached hydrogens (tertiary/aromatic N) is 4. The average Bonchev–Trinajstić information content (AvgIpc) is 3.57. The van der Waals surface area contributed by atoms with Gasteiger partial charge in [-0.25, -0.2) is 0 Å². The summed E-state index contributed by atoms with van der Waals surface area (Å²) >= 11 is 0. The van der Waals surface area contributed by atoms with Crippen molar-refractivity contribution < 1.29 is 9.15 Å². The van der Waals surface area contributed by atoms with E-state index in [9.17, 15) is 0 Å². The van der Waals surface area contributed by atoms with E-state index < -0.39 is 0 Å². The molecule has 0 spiro atoms. The summed E-state index contributed by atoms with van der Waals surface area (Å²) in [6, 6.07) is 36.2. The standard InChI is InChI=1S/C52H68N4/c1-9-53(10-2)43-33-27-41(28-34-43)31-37-49-51(5,6)45-23-17-19-25-47(45)55(49)39-21-15-13-14-16-22-40-56-48-26-20-18-24-46(48)52(7,8)50(56)38-32-42-29-35-44(36-30-42)54(11-3)12-4/h17-20,23-38H,9-16,21-22,39-40H2,1-8H3/q+2. The van der Waals surface area contributed by atoms with E-state index in [1.165, 1.54) is 95.0 Å². The topological polar surface area (TPSA) is 12.5 Å². The van der Waals surface area contributed by atoms with Crippen LogP contribution in [0.2, 0.25) is 0 Å². The predicted molar refractivity (Wildman–Crippen MR) is 244 cm³/mol. The summed E-state index contributed by atoms with van der Waals surface area (Å²) in [5.41, 5.74) is 13.5. The molecule has 56 heavy (non-hydrogen) atoms. The van der Waals surface area contributed by atoms with Crippen molar-refractivity contribution in [3.8, 4) is 0 Å². The van der Waals surface area contributed by atoms with E-state index in [1.54, 1.807) is 0 Å². The number of allylic oxidation sites excluding steroid dienone is 2. The zero-order valence-electron chi connectivity index (χ0n) is 35.8. The summed E-state index contributed by atoms with van der Waals surface area (Å²) < 4.78 is 5.21. The van der Waals surface area contributed by atoms with Crippen LogP contribution in [0.3, 0.4) is 0 Å². The van der Waals surface area contributed by atoms with Gasteiger partial charge in [0.05, 0.1) is 10.8 Å². The molecule has 0 radical (unpaired) electrons. The van der Waals surface area contributed by atoms with E-state index in [4.69, 9.17) is 0 Å². The van der Waals surface area contributed by atoms with Gasteiger partial charge in [0.25, 0.3) is 0 Å². The number of para-hydroxylation sites is 2. The van der Waals surface area contributed by atoms with Crippen LogP contribution < -0.4 is 9.80 Å². The van der Waals surface area contributed by atoms with Gasteiger partial charge in [-0.05, 0) is 116 Å². The molecule has 4 aromatic rings. The molecule has 4 aromatic carbocycles. The number of anilines is 2. The summed E-state index contributed by atoms with van der Waals surface area (Å²) in [7, 11) is 0. The lowest BCUT2D eigenvalue weighted by molar-refractivity contribution is -0.438. The Morgan fingerprint density at radius 3 is 1.12 bits per heavy atom. The molecule has 0 aromatic heterocycles. The minimum atomic E-state index is -0.0298. The fourth-order valence-electron chi connectivity index (χ4n) is 9.13. The SMILES string of the molecule is CCN(CC)c1ccc(/C=C/C2=[N+](CCCCCCCC[N+]3=C(/C=C/c4ccc(N(CC)CC)cc4)C(C)(C)c4ccccc43)c3ccccc3C2(C)C)cc1. The minimum absolute atomic E-state index is 0.0298. The summed E-state index contributed by atoms with van der Waals surface area (Å²) in [5.74, 6) is 0. The first-order valence-electron chi connectivity index (χ1n) is 21.7. The maximum Gasteiger partial charge on any atom is 0.209 e. The van der Waals surface area contributed by atoms with Gasteiger partial charge in [-0.1, -0.05) is 73.5 Å². The molecule has 2 aliphatic heterocycles. The van der Waals surface area contributed by atoms with Crippen molar-refractivity contribution in [2.45, 2.75) is 105 Å². The minimum Gasteiger partial charge on any atom is -0.372 e. The summed E-state index contributed by atoms with van der Waals surface area (Å²) in [6.07, 6.45) is 16.9. The van der Waals surface area contributed by atoms with Crippen LogP contribution in [0.25, 0.3) is 12.2 Å². The first kappa shape index (κ1) is 40.9. The second kappa shape index (κ2) is 18.5. The van der Waals surface area contributed by atoms with Crippen molar-refractivity contribution in [1.82, 2.24) is 0 Å². The van der Waals surface area contributed by atoms with Crippen LogP contribution >= 0.6 is 0 Å². The Bertz CT molecular complexity index is 1880. The maximum atomic E-state index is 2.60. The van der Waals surface area contributed by atoms with Crippen molar-refractivity contribution in [3.63, 3.8) is 0 Å². The lowest BCUT2D eigenvalue weighted by Gasteiger charge is -2.20. The second-order valence-corrected chi connectivity index (χ2v) is 16.7. The number of benzene rings is 4. The van der Waals surface area contributed by atoms with Crippen molar-refractivity contribution in [2.75, 3.05) is 49.1 Å². The van der Waals surface area contributed by atoms with E-state index in [0.29, 0.717) is 0 Å². The molecule has 0 unspecified atom stereocenters. The van der Waals surface area contributed by atoms with Gasteiger partial charge >= 0.3 is 0 Å². The predicted octanol–water partition coefficient (Wildman–Crippen LogP) is 12.6. The fourth-order valence-corrected chi connectivity index (χ4v) is 9.13. The third-order valence-electron chi connectivity index (χ3n) is 12.5. The maximum absolute atomic E-state index is 2.60. The molecule has 4 nitrogen and oxygen atoms in total. The van der Waals surface area contributed by atoms with Gasteiger partial charge in [0.15, 0.2) is 11.4 Å². The quantitative estimate of drug-likeness (QED) is 0.0699. The van der Waals surface area contributed by atoms with Gasteiger partial charge in [0, 0.05) is 85.8 Å². The zero-order chi connectivity index (χ0) is 39.7. The highest BCUT2D eigenvalue weighted by Gasteiger charge is 2.45. The van der Waals surface area contributed by atoms with Crippen molar-refractivity contribution in [3.05, 3.63) is 131 Å². The van der Waals surface area contributed by atoms with Crippen LogP contribution in [0.5, 0.6) is 0 Å². The Morgan fingerprint density at radius 2 is 0.768 bits per heavy atom. The molecular weight excluding hydrogens is 681 g/mol. The van der Waals surface area contributed by atoms with Gasteiger partial charge < -0.3 is 9.80 Å². The molecule has 2 heterocycles. The second-order valence-electron chi connectivity index (χ2n) is 16.7. The molecule has 2 aliphatic rings. The van der Waals surface area contributed by atoms with Crippen LogP contribution in [-0.2, 0) is 10.8 Å². The van der Waals surface area contributed by atoms with Crippen LogP contribution in [0.15, 0.2) is 109 Å². The van der Waals surface area contributed by atoms with Gasteiger partial charge in [0.1, 0.15) is 13.1 Å². The fraction of sp³-hybridized carbons (Fsp3) is 0.423. The number of hydrogen-bond donors (Lipinski definition) is 0. The smallest absolute Gasteiger partial charge is 0.209 e. The third-order valence-corrected chi connectivity index (χ3v) is 12.5. The molecule has 4 heteroatoms. The molecule has 0 bridgehead atoms. The Kier molecular flexibility index (Phi) is 13.5. The Hall–Kier alpha value is -4.70. The molecule has 0 fully saturated rings. The number of fused-ring (bicyclic) bond motifs is 2. The van der Waals surface area contributed by atoms with Crippen LogP contribution in [-0.4, -0.2) is 59.8 Å². The van der Waals surface area contributed by atoms with Gasteiger partial charge in [-0.2, -0.15) is 9.15 Å². The largest absolute Gasteiger partial charge is 0.372 e. The molecule has 0 atom stereocenters. The molecule has 0 saturated heterocycles. The Balaban J connectivity index is 1.06. The van der Waals surface area contributed by atoms with Crippen molar-refractivity contribution >= 4 is 46.3 Å². The molecule has 294 valence electrons. The average molecular weight is 749 g/mol. The third kappa shape index (κ3) is 8.80. The number of unbranched alkanes of at least 4 members (excludes halogenated alkanes) is 5. The van der Waals surface area contributed by atoms with E-state index in [-0.39, 0.29) is 10.8 Å². The first-order valence-corrected chi connectivity index (χ1v) is 21.7. The summed E-state index contributed by atoms with van der Waals surface area (Å²) in [4.78, 5) is 4.80. The molecule has 0 N–H and O–H groups in total. The number of hydrogen-bond acceptors (Lipinski definition) is 2. The highest BCUT2D eigenvalue weighted by atomic mass is 15.1. The van der Waals surface area contributed by atoms with Crippen molar-refractivity contribution in [1.29, 1.82) is 0 Å². The van der Waals surface area contributed by atoms with Crippen LogP contribution in [0.1, 0.15) is 116 Å². The first-order chi connectivity index (χ1) is 27.1. The Labute approximate surface area is 339 Å². The number of rotatable bonds is 19. The van der Waals surface area contributed by atoms with E-state index in [2.05, 4.69) is 196 Å². The van der Waals surface area contributed by atoms with Gasteiger partial charge in [-0.15, -0.1) is 0 Å². The zero-order valence-corrected chi connectivity index (χ0v) is 35.8. The monoisotopic (exact) mass is 749 g/mol. The van der Waals surface area contributed by atoms with Crippen LogP contribution in [0.4, 0.5) is 22.7 Å². The van der Waals surface area contributed by atoms with E-state index >= 15 is 0 Å². The van der Waals surface area contributed by atoms with E-state index in [0.717, 1.165) is 39.3 Å². The molecular formula is C52H68N4+2. The molecule has 0 saturated carbocycles. The normalized spacial score (nSPS) is 15.6.